The van der Waals surface area contributed by atoms with Gasteiger partial charge in [0.15, 0.2) is 15.8 Å². The van der Waals surface area contributed by atoms with Crippen LogP contribution in [-0.2, 0) is 16.3 Å². The summed E-state index contributed by atoms with van der Waals surface area (Å²) in [6.07, 6.45) is 1.98. The molecule has 29 heavy (non-hydrogen) atoms. The molecule has 7 heteroatoms. The molecule has 0 bridgehead atoms. The van der Waals surface area contributed by atoms with Gasteiger partial charge in [-0.1, -0.05) is 44.2 Å². The van der Waals surface area contributed by atoms with Gasteiger partial charge in [-0.15, -0.1) is 0 Å². The van der Waals surface area contributed by atoms with Crippen molar-refractivity contribution in [2.75, 3.05) is 33.0 Å². The fourth-order valence-corrected chi connectivity index (χ4v) is 3.50. The molecule has 0 heterocycles. The minimum atomic E-state index is -3.15. The van der Waals surface area contributed by atoms with Crippen molar-refractivity contribution in [3.8, 4) is 5.75 Å². The summed E-state index contributed by atoms with van der Waals surface area (Å²) in [6.45, 7) is 6.17. The predicted molar refractivity (Wildman–Crippen MR) is 119 cm³/mol. The number of hydrogen-bond donors (Lipinski definition) is 2. The number of nitrogens with zero attached hydrogens (tertiary/aromatic N) is 1. The second-order valence-electron chi connectivity index (χ2n) is 7.13. The number of sulfone groups is 1. The summed E-state index contributed by atoms with van der Waals surface area (Å²) in [5.74, 6) is 2.04. The molecular weight excluding hydrogens is 386 g/mol. The number of nitrogens with one attached hydrogen (secondary N) is 2. The maximum atomic E-state index is 11.5. The molecule has 2 aromatic carbocycles. The Kier molecular flexibility index (Phi) is 8.51. The van der Waals surface area contributed by atoms with Crippen molar-refractivity contribution in [2.45, 2.75) is 31.1 Å². The van der Waals surface area contributed by atoms with E-state index in [0.29, 0.717) is 36.5 Å². The van der Waals surface area contributed by atoms with Crippen molar-refractivity contribution in [3.63, 3.8) is 0 Å². The first kappa shape index (κ1) is 22.7. The van der Waals surface area contributed by atoms with Gasteiger partial charge in [0.25, 0.3) is 0 Å². The van der Waals surface area contributed by atoms with E-state index in [1.165, 1.54) is 11.8 Å². The third kappa shape index (κ3) is 7.42. The summed E-state index contributed by atoms with van der Waals surface area (Å²) in [5.41, 5.74) is 2.27. The summed E-state index contributed by atoms with van der Waals surface area (Å²) in [4.78, 5) is 4.55. The molecule has 0 saturated carbocycles. The van der Waals surface area contributed by atoms with Crippen LogP contribution in [0.15, 0.2) is 58.4 Å². The third-order valence-electron chi connectivity index (χ3n) is 4.47. The molecule has 0 fully saturated rings. The molecule has 0 aliphatic heterocycles. The smallest absolute Gasteiger partial charge is 0.191 e. The van der Waals surface area contributed by atoms with Gasteiger partial charge < -0.3 is 15.4 Å². The Morgan fingerprint density at radius 1 is 1.03 bits per heavy atom. The van der Waals surface area contributed by atoms with E-state index in [4.69, 9.17) is 4.74 Å². The highest BCUT2D eigenvalue weighted by atomic mass is 32.2. The second kappa shape index (κ2) is 10.9. The maximum Gasteiger partial charge on any atom is 0.191 e. The van der Waals surface area contributed by atoms with E-state index >= 15 is 0 Å². The molecule has 0 saturated heterocycles. The Labute approximate surface area is 174 Å². The molecule has 0 unspecified atom stereocenters. The van der Waals surface area contributed by atoms with E-state index in [0.717, 1.165) is 17.7 Å². The molecule has 0 radical (unpaired) electrons. The standard InChI is InChI=1S/C22H31N3O3S/c1-17(2)20-7-5-6-8-21(20)28-16-15-25-22(23-3)24-14-13-18-9-11-19(12-10-18)29(4,26)27/h5-12,17H,13-16H2,1-4H3,(H2,23,24,25). The van der Waals surface area contributed by atoms with Crippen LogP contribution in [0.1, 0.15) is 30.9 Å². The maximum absolute atomic E-state index is 11.5. The van der Waals surface area contributed by atoms with Crippen LogP contribution in [-0.4, -0.2) is 47.4 Å². The van der Waals surface area contributed by atoms with Crippen LogP contribution in [0.3, 0.4) is 0 Å². The molecule has 2 aromatic rings. The Morgan fingerprint density at radius 3 is 2.31 bits per heavy atom. The molecule has 0 aromatic heterocycles. The first-order chi connectivity index (χ1) is 13.8. The molecule has 0 aliphatic rings. The molecular formula is C22H31N3O3S. The van der Waals surface area contributed by atoms with Crippen LogP contribution in [0.2, 0.25) is 0 Å². The van der Waals surface area contributed by atoms with Gasteiger partial charge in [0.1, 0.15) is 12.4 Å². The molecule has 2 rings (SSSR count). The lowest BCUT2D eigenvalue weighted by molar-refractivity contribution is 0.317. The van der Waals surface area contributed by atoms with Gasteiger partial charge in [-0.3, -0.25) is 4.99 Å². The van der Waals surface area contributed by atoms with Gasteiger partial charge in [0, 0.05) is 19.8 Å². The minimum Gasteiger partial charge on any atom is -0.491 e. The van der Waals surface area contributed by atoms with Crippen molar-refractivity contribution in [1.82, 2.24) is 10.6 Å². The summed E-state index contributed by atoms with van der Waals surface area (Å²) in [7, 11) is -1.43. The molecule has 0 aliphatic carbocycles. The van der Waals surface area contributed by atoms with Crippen molar-refractivity contribution >= 4 is 15.8 Å². The van der Waals surface area contributed by atoms with E-state index in [2.05, 4.69) is 35.5 Å². The van der Waals surface area contributed by atoms with Crippen molar-refractivity contribution < 1.29 is 13.2 Å². The van der Waals surface area contributed by atoms with E-state index in [9.17, 15) is 8.42 Å². The fourth-order valence-electron chi connectivity index (χ4n) is 2.87. The van der Waals surface area contributed by atoms with Gasteiger partial charge in [0.2, 0.25) is 0 Å². The Bertz CT molecular complexity index is 907. The number of hydrogen-bond acceptors (Lipinski definition) is 4. The average Bonchev–Trinajstić information content (AvgIpc) is 2.69. The average molecular weight is 418 g/mol. The molecule has 0 amide bonds. The lowest BCUT2D eigenvalue weighted by Crippen LogP contribution is -2.40. The highest BCUT2D eigenvalue weighted by Crippen LogP contribution is 2.25. The lowest BCUT2D eigenvalue weighted by Gasteiger charge is -2.15. The normalized spacial score (nSPS) is 12.1. The molecule has 158 valence electrons. The zero-order valence-electron chi connectivity index (χ0n) is 17.6. The molecule has 0 spiro atoms. The number of guanidine groups is 1. The van der Waals surface area contributed by atoms with E-state index in [1.807, 2.05) is 30.3 Å². The van der Waals surface area contributed by atoms with Crippen LogP contribution in [0, 0.1) is 0 Å². The topological polar surface area (TPSA) is 79.8 Å². The molecule has 0 atom stereocenters. The van der Waals surface area contributed by atoms with E-state index in [1.54, 1.807) is 19.2 Å². The lowest BCUT2D eigenvalue weighted by atomic mass is 10.0. The highest BCUT2D eigenvalue weighted by Gasteiger charge is 2.07. The largest absolute Gasteiger partial charge is 0.491 e. The molecule has 6 nitrogen and oxygen atoms in total. The number of ether oxygens (including phenoxy) is 1. The minimum absolute atomic E-state index is 0.339. The predicted octanol–water partition coefficient (Wildman–Crippen LogP) is 3.00. The summed E-state index contributed by atoms with van der Waals surface area (Å²) < 4.78 is 28.9. The number of benzene rings is 2. The number of aliphatic imine (C=N–C) groups is 1. The first-order valence-corrected chi connectivity index (χ1v) is 11.7. The van der Waals surface area contributed by atoms with Crippen LogP contribution in [0.5, 0.6) is 5.75 Å². The van der Waals surface area contributed by atoms with E-state index in [-0.39, 0.29) is 0 Å². The van der Waals surface area contributed by atoms with Crippen LogP contribution >= 0.6 is 0 Å². The fraction of sp³-hybridized carbons (Fsp3) is 0.409. The van der Waals surface area contributed by atoms with Crippen LogP contribution < -0.4 is 15.4 Å². The van der Waals surface area contributed by atoms with Crippen molar-refractivity contribution in [2.24, 2.45) is 4.99 Å². The van der Waals surface area contributed by atoms with E-state index < -0.39 is 9.84 Å². The SMILES string of the molecule is CN=C(NCCOc1ccccc1C(C)C)NCCc1ccc(S(C)(=O)=O)cc1. The zero-order valence-corrected chi connectivity index (χ0v) is 18.4. The zero-order chi connectivity index (χ0) is 21.3. The number of para-hydroxylation sites is 1. The monoisotopic (exact) mass is 417 g/mol. The number of rotatable bonds is 9. The van der Waals surface area contributed by atoms with Gasteiger partial charge in [-0.05, 0) is 41.7 Å². The Hall–Kier alpha value is -2.54. The van der Waals surface area contributed by atoms with Gasteiger partial charge in [-0.2, -0.15) is 0 Å². The Morgan fingerprint density at radius 2 is 1.69 bits per heavy atom. The highest BCUT2D eigenvalue weighted by molar-refractivity contribution is 7.90. The van der Waals surface area contributed by atoms with Crippen molar-refractivity contribution in [1.29, 1.82) is 0 Å². The van der Waals surface area contributed by atoms with Gasteiger partial charge in [-0.25, -0.2) is 8.42 Å². The van der Waals surface area contributed by atoms with Crippen LogP contribution in [0.25, 0.3) is 0 Å². The summed E-state index contributed by atoms with van der Waals surface area (Å²) >= 11 is 0. The molecule has 2 N–H and O–H groups in total. The summed E-state index contributed by atoms with van der Waals surface area (Å²) in [6, 6.07) is 15.1. The third-order valence-corrected chi connectivity index (χ3v) is 5.60. The van der Waals surface area contributed by atoms with Gasteiger partial charge in [0.05, 0.1) is 11.4 Å². The quantitative estimate of drug-likeness (QED) is 0.372. The summed E-state index contributed by atoms with van der Waals surface area (Å²) in [5, 5.41) is 6.49. The van der Waals surface area contributed by atoms with Gasteiger partial charge >= 0.3 is 0 Å². The Balaban J connectivity index is 1.73. The van der Waals surface area contributed by atoms with Crippen molar-refractivity contribution in [3.05, 3.63) is 59.7 Å². The first-order valence-electron chi connectivity index (χ1n) is 9.76. The second-order valence-corrected chi connectivity index (χ2v) is 9.15. The van der Waals surface area contributed by atoms with Crippen LogP contribution in [0.4, 0.5) is 0 Å².